The van der Waals surface area contributed by atoms with Crippen molar-refractivity contribution in [3.63, 3.8) is 0 Å². The van der Waals surface area contributed by atoms with E-state index in [-0.39, 0.29) is 33.2 Å². The number of aryl methyl sites for hydroxylation is 2. The van der Waals surface area contributed by atoms with Crippen molar-refractivity contribution in [1.82, 2.24) is 0 Å². The fourth-order valence-electron chi connectivity index (χ4n) is 3.34. The minimum atomic E-state index is -0.388. The maximum absolute atomic E-state index is 11.5. The Hall–Kier alpha value is -1.80. The van der Waals surface area contributed by atoms with Gasteiger partial charge in [-0.15, -0.1) is 0 Å². The van der Waals surface area contributed by atoms with Gasteiger partial charge in [0.05, 0.1) is 0 Å². The van der Waals surface area contributed by atoms with Gasteiger partial charge in [-0.2, -0.15) is 23.5 Å². The molecule has 0 spiro atoms. The molecule has 0 fully saturated rings. The number of rotatable bonds is 15. The molecule has 0 amide bonds. The van der Waals surface area contributed by atoms with E-state index in [2.05, 4.69) is 27.7 Å². The number of hydrogen-bond acceptors (Lipinski definition) is 8. The van der Waals surface area contributed by atoms with Gasteiger partial charge in [0.2, 0.25) is 10.9 Å². The van der Waals surface area contributed by atoms with Crippen molar-refractivity contribution < 1.29 is 19.0 Å². The second-order valence-corrected chi connectivity index (χ2v) is 12.7. The van der Waals surface area contributed by atoms with E-state index < -0.39 is 0 Å². The third-order valence-corrected chi connectivity index (χ3v) is 8.28. The summed E-state index contributed by atoms with van der Waals surface area (Å²) in [5, 5.41) is 18.6. The van der Waals surface area contributed by atoms with Gasteiger partial charge in [-0.25, -0.2) is 0 Å². The summed E-state index contributed by atoms with van der Waals surface area (Å²) in [5.41, 5.74) is -0.448. The fourth-order valence-corrected chi connectivity index (χ4v) is 6.09. The van der Waals surface area contributed by atoms with Crippen LogP contribution in [0.4, 0.5) is 0 Å². The molecule has 2 aromatic heterocycles. The Balaban J connectivity index is 1.54. The number of aromatic hydroxyl groups is 2. The lowest BCUT2D eigenvalue weighted by molar-refractivity contribution is 0.310. The highest BCUT2D eigenvalue weighted by molar-refractivity contribution is 8.02. The molecule has 0 aliphatic heterocycles. The van der Waals surface area contributed by atoms with Crippen LogP contribution in [-0.2, 0) is 12.8 Å². The molecule has 0 radical (unpaired) electrons. The van der Waals surface area contributed by atoms with E-state index in [0.29, 0.717) is 24.4 Å². The summed E-state index contributed by atoms with van der Waals surface area (Å²) in [6.07, 6.45) is 7.69. The van der Waals surface area contributed by atoms with Crippen LogP contribution < -0.4 is 10.9 Å². The first-order chi connectivity index (χ1) is 16.0. The first-order valence-electron chi connectivity index (χ1n) is 11.7. The zero-order valence-corrected chi connectivity index (χ0v) is 22.4. The molecule has 0 unspecified atom stereocenters. The van der Waals surface area contributed by atoms with Crippen molar-refractivity contribution in [1.29, 1.82) is 0 Å². The SMILES string of the molecule is CC(C)(CCSCCSCCC(C)(C)CCc1cc(=O)c(O)co1)CCc1cc(=O)c(O)co1. The molecule has 0 saturated carbocycles. The van der Waals surface area contributed by atoms with Crippen LogP contribution in [0.3, 0.4) is 0 Å². The first-order valence-corrected chi connectivity index (χ1v) is 14.1. The van der Waals surface area contributed by atoms with Crippen molar-refractivity contribution in [3.8, 4) is 11.5 Å². The summed E-state index contributed by atoms with van der Waals surface area (Å²) in [5.74, 6) is 5.03. The molecule has 190 valence electrons. The van der Waals surface area contributed by atoms with E-state index in [1.54, 1.807) is 0 Å². The second-order valence-electron chi connectivity index (χ2n) is 10.2. The van der Waals surface area contributed by atoms with Gasteiger partial charge in [0.25, 0.3) is 0 Å². The summed E-state index contributed by atoms with van der Waals surface area (Å²) >= 11 is 3.97. The van der Waals surface area contributed by atoms with Gasteiger partial charge < -0.3 is 19.0 Å². The Morgan fingerprint density at radius 3 is 1.41 bits per heavy atom. The van der Waals surface area contributed by atoms with E-state index in [4.69, 9.17) is 8.83 Å². The largest absolute Gasteiger partial charge is 0.502 e. The van der Waals surface area contributed by atoms with Gasteiger partial charge >= 0.3 is 0 Å². The Labute approximate surface area is 210 Å². The summed E-state index contributed by atoms with van der Waals surface area (Å²) < 4.78 is 10.6. The molecule has 2 rings (SSSR count). The quantitative estimate of drug-likeness (QED) is 0.287. The summed E-state index contributed by atoms with van der Waals surface area (Å²) in [4.78, 5) is 23.0. The van der Waals surface area contributed by atoms with Crippen LogP contribution in [0.25, 0.3) is 0 Å². The zero-order valence-electron chi connectivity index (χ0n) is 20.7. The first kappa shape index (κ1) is 28.4. The maximum atomic E-state index is 11.5. The van der Waals surface area contributed by atoms with Crippen LogP contribution in [0, 0.1) is 10.8 Å². The molecule has 8 heteroatoms. The van der Waals surface area contributed by atoms with Crippen LogP contribution in [0.2, 0.25) is 0 Å². The van der Waals surface area contributed by atoms with Crippen molar-refractivity contribution in [3.05, 3.63) is 56.6 Å². The standard InChI is InChI=1S/C26H38O6S2/c1-25(2,7-5-19-15-21(27)23(29)17-31-19)9-11-33-13-14-34-12-10-26(3,4)8-6-20-16-22(28)24(30)18-32-20/h15-18,29-30H,5-14H2,1-4H3. The molecule has 0 aromatic carbocycles. The van der Waals surface area contributed by atoms with Gasteiger partial charge in [-0.1, -0.05) is 27.7 Å². The van der Waals surface area contributed by atoms with Gasteiger partial charge in [0.1, 0.15) is 24.0 Å². The molecule has 6 nitrogen and oxygen atoms in total. The average Bonchev–Trinajstić information content (AvgIpc) is 2.77. The zero-order chi connectivity index (χ0) is 25.2. The summed E-state index contributed by atoms with van der Waals surface area (Å²) in [6, 6.07) is 2.76. The molecule has 2 aromatic rings. The Morgan fingerprint density at radius 1 is 0.676 bits per heavy atom. The summed E-state index contributed by atoms with van der Waals surface area (Å²) in [7, 11) is 0. The van der Waals surface area contributed by atoms with Crippen LogP contribution in [0.15, 0.2) is 43.1 Å². The molecule has 0 saturated heterocycles. The monoisotopic (exact) mass is 510 g/mol. The van der Waals surface area contributed by atoms with Crippen LogP contribution in [0.1, 0.15) is 64.9 Å². The van der Waals surface area contributed by atoms with Crippen molar-refractivity contribution in [2.45, 2.75) is 66.2 Å². The Bertz CT molecular complexity index is 927. The predicted octanol–water partition coefficient (Wildman–Crippen LogP) is 5.87. The average molecular weight is 511 g/mol. The van der Waals surface area contributed by atoms with E-state index in [1.165, 1.54) is 12.1 Å². The second kappa shape index (κ2) is 13.3. The minimum absolute atomic E-state index is 0.164. The topological polar surface area (TPSA) is 101 Å². The normalized spacial score (nSPS) is 12.2. The van der Waals surface area contributed by atoms with E-state index in [0.717, 1.165) is 61.2 Å². The van der Waals surface area contributed by atoms with Crippen LogP contribution in [0.5, 0.6) is 11.5 Å². The fraction of sp³-hybridized carbons (Fsp3) is 0.615. The van der Waals surface area contributed by atoms with E-state index in [9.17, 15) is 19.8 Å². The Morgan fingerprint density at radius 2 is 1.06 bits per heavy atom. The molecule has 2 N–H and O–H groups in total. The molecular formula is C26H38O6S2. The van der Waals surface area contributed by atoms with E-state index >= 15 is 0 Å². The van der Waals surface area contributed by atoms with Crippen LogP contribution >= 0.6 is 23.5 Å². The van der Waals surface area contributed by atoms with Crippen LogP contribution in [-0.4, -0.2) is 33.2 Å². The van der Waals surface area contributed by atoms with Crippen molar-refractivity contribution >= 4 is 23.5 Å². The van der Waals surface area contributed by atoms with Gasteiger partial charge in [-0.3, -0.25) is 9.59 Å². The lowest BCUT2D eigenvalue weighted by Crippen LogP contribution is -2.15. The maximum Gasteiger partial charge on any atom is 0.226 e. The predicted molar refractivity (Wildman–Crippen MR) is 141 cm³/mol. The lowest BCUT2D eigenvalue weighted by atomic mass is 9.85. The summed E-state index contributed by atoms with van der Waals surface area (Å²) in [6.45, 7) is 8.97. The van der Waals surface area contributed by atoms with Gasteiger partial charge in [-0.05, 0) is 48.0 Å². The van der Waals surface area contributed by atoms with Gasteiger partial charge in [0.15, 0.2) is 11.5 Å². The highest BCUT2D eigenvalue weighted by Gasteiger charge is 2.19. The molecule has 0 bridgehead atoms. The number of thioether (sulfide) groups is 2. The molecule has 0 aliphatic rings. The smallest absolute Gasteiger partial charge is 0.226 e. The minimum Gasteiger partial charge on any atom is -0.502 e. The highest BCUT2D eigenvalue weighted by atomic mass is 32.2. The molecule has 0 atom stereocenters. The molecular weight excluding hydrogens is 472 g/mol. The lowest BCUT2D eigenvalue weighted by Gasteiger charge is -2.24. The Kier molecular flexibility index (Phi) is 11.2. The molecule has 0 aliphatic carbocycles. The van der Waals surface area contributed by atoms with Gasteiger partial charge in [0, 0.05) is 36.5 Å². The van der Waals surface area contributed by atoms with Crippen molar-refractivity contribution in [2.75, 3.05) is 23.0 Å². The van der Waals surface area contributed by atoms with E-state index in [1.807, 2.05) is 23.5 Å². The highest BCUT2D eigenvalue weighted by Crippen LogP contribution is 2.30. The third-order valence-electron chi connectivity index (χ3n) is 6.05. The molecule has 34 heavy (non-hydrogen) atoms. The molecule has 2 heterocycles. The number of hydrogen-bond donors (Lipinski definition) is 2. The third kappa shape index (κ3) is 10.6. The van der Waals surface area contributed by atoms with Crippen molar-refractivity contribution in [2.24, 2.45) is 10.8 Å².